The number of nitrogens with one attached hydrogen (secondary N) is 1. The summed E-state index contributed by atoms with van der Waals surface area (Å²) in [5, 5.41) is 3.38. The maximum Gasteiger partial charge on any atom is 0.0351 e. The minimum atomic E-state index is 0.732. The molecule has 0 unspecified atom stereocenters. The molecule has 1 heterocycles. The lowest BCUT2D eigenvalue weighted by Gasteiger charge is -2.44. The Hall–Kier alpha value is -0.0800. The molecule has 0 bridgehead atoms. The molecule has 2 fully saturated rings. The third-order valence-electron chi connectivity index (χ3n) is 3.52. The van der Waals surface area contributed by atoms with Gasteiger partial charge < -0.3 is 5.32 Å². The average Bonchev–Trinajstić information content (AvgIpc) is 2.46. The van der Waals surface area contributed by atoms with E-state index in [0.29, 0.717) is 0 Å². The summed E-state index contributed by atoms with van der Waals surface area (Å²) < 4.78 is 0. The van der Waals surface area contributed by atoms with E-state index in [1.807, 2.05) is 0 Å². The first-order chi connectivity index (χ1) is 6.29. The van der Waals surface area contributed by atoms with Crippen molar-refractivity contribution in [1.29, 1.82) is 0 Å². The molecule has 1 aliphatic heterocycles. The smallest absolute Gasteiger partial charge is 0.0351 e. The summed E-state index contributed by atoms with van der Waals surface area (Å²) in [6, 6.07) is 2.46. The van der Waals surface area contributed by atoms with Crippen LogP contribution < -0.4 is 5.32 Å². The van der Waals surface area contributed by atoms with Crippen LogP contribution in [0.4, 0.5) is 0 Å². The van der Waals surface area contributed by atoms with Crippen LogP contribution >= 0.6 is 0 Å². The molecule has 0 amide bonds. The molecular formula is C11H22N2. The fraction of sp³-hybridized carbons (Fsp3) is 1.00. The van der Waals surface area contributed by atoms with E-state index in [1.54, 1.807) is 0 Å². The molecule has 2 nitrogen and oxygen atoms in total. The first-order valence-corrected chi connectivity index (χ1v) is 5.77. The van der Waals surface area contributed by atoms with E-state index >= 15 is 0 Å². The third-order valence-corrected chi connectivity index (χ3v) is 3.52. The highest BCUT2D eigenvalue weighted by molar-refractivity contribution is 4.91. The number of hydrogen-bond donors (Lipinski definition) is 1. The molecule has 1 aliphatic carbocycles. The van der Waals surface area contributed by atoms with Crippen LogP contribution in [0.15, 0.2) is 0 Å². The monoisotopic (exact) mass is 182 g/mol. The molecule has 2 heteroatoms. The topological polar surface area (TPSA) is 15.3 Å². The van der Waals surface area contributed by atoms with Gasteiger partial charge in [-0.2, -0.15) is 0 Å². The van der Waals surface area contributed by atoms with Gasteiger partial charge in [0, 0.05) is 31.2 Å². The molecule has 0 atom stereocenters. The Morgan fingerprint density at radius 1 is 1.08 bits per heavy atom. The second-order valence-corrected chi connectivity index (χ2v) is 4.79. The third kappa shape index (κ3) is 1.89. The Bertz CT molecular complexity index is 157. The molecule has 13 heavy (non-hydrogen) atoms. The molecule has 0 spiro atoms. The quantitative estimate of drug-likeness (QED) is 0.713. The first-order valence-electron chi connectivity index (χ1n) is 5.77. The summed E-state index contributed by atoms with van der Waals surface area (Å²) in [6.07, 6.45) is 5.78. The summed E-state index contributed by atoms with van der Waals surface area (Å²) in [4.78, 5) is 2.75. The van der Waals surface area contributed by atoms with Crippen molar-refractivity contribution < 1.29 is 0 Å². The van der Waals surface area contributed by atoms with Crippen molar-refractivity contribution >= 4 is 0 Å². The predicted octanol–water partition coefficient (Wildman–Crippen LogP) is 1.61. The lowest BCUT2D eigenvalue weighted by atomic mass is 10.0. The highest BCUT2D eigenvalue weighted by Gasteiger charge is 2.33. The van der Waals surface area contributed by atoms with Crippen LogP contribution in [0.25, 0.3) is 0 Å². The van der Waals surface area contributed by atoms with Gasteiger partial charge in [0.15, 0.2) is 0 Å². The van der Waals surface area contributed by atoms with Crippen LogP contribution in [-0.4, -0.2) is 36.1 Å². The van der Waals surface area contributed by atoms with Gasteiger partial charge in [-0.15, -0.1) is 0 Å². The average molecular weight is 182 g/mol. The number of rotatable bonds is 3. The SMILES string of the molecule is CC(C)N(C1CCCC1)C1CNC1. The predicted molar refractivity (Wildman–Crippen MR) is 55.9 cm³/mol. The van der Waals surface area contributed by atoms with Crippen LogP contribution in [0.5, 0.6) is 0 Å². The van der Waals surface area contributed by atoms with Gasteiger partial charge >= 0.3 is 0 Å². The van der Waals surface area contributed by atoms with Crippen molar-refractivity contribution in [2.24, 2.45) is 0 Å². The van der Waals surface area contributed by atoms with Gasteiger partial charge in [0.05, 0.1) is 0 Å². The zero-order chi connectivity index (χ0) is 9.26. The Morgan fingerprint density at radius 3 is 2.08 bits per heavy atom. The molecule has 0 aromatic rings. The van der Waals surface area contributed by atoms with Gasteiger partial charge in [0.1, 0.15) is 0 Å². The number of hydrogen-bond acceptors (Lipinski definition) is 2. The maximum absolute atomic E-state index is 3.38. The van der Waals surface area contributed by atoms with Crippen LogP contribution in [0.3, 0.4) is 0 Å². The second kappa shape index (κ2) is 3.97. The van der Waals surface area contributed by atoms with Gasteiger partial charge in [0.25, 0.3) is 0 Å². The van der Waals surface area contributed by atoms with Crippen LogP contribution in [0.1, 0.15) is 39.5 Å². The van der Waals surface area contributed by atoms with Gasteiger partial charge in [-0.1, -0.05) is 12.8 Å². The fourth-order valence-corrected chi connectivity index (χ4v) is 2.83. The van der Waals surface area contributed by atoms with E-state index in [4.69, 9.17) is 0 Å². The zero-order valence-electron chi connectivity index (χ0n) is 8.92. The van der Waals surface area contributed by atoms with Crippen molar-refractivity contribution in [3.05, 3.63) is 0 Å². The summed E-state index contributed by atoms with van der Waals surface area (Å²) >= 11 is 0. The summed E-state index contributed by atoms with van der Waals surface area (Å²) in [6.45, 7) is 7.12. The molecule has 1 saturated carbocycles. The Labute approximate surface area is 81.7 Å². The minimum Gasteiger partial charge on any atom is -0.314 e. The molecule has 0 aromatic heterocycles. The Kier molecular flexibility index (Phi) is 2.89. The normalized spacial score (nSPS) is 25.8. The van der Waals surface area contributed by atoms with Crippen molar-refractivity contribution in [1.82, 2.24) is 10.2 Å². The summed E-state index contributed by atoms with van der Waals surface area (Å²) in [5.41, 5.74) is 0. The fourth-order valence-electron chi connectivity index (χ4n) is 2.83. The number of nitrogens with zero attached hydrogens (tertiary/aromatic N) is 1. The molecular weight excluding hydrogens is 160 g/mol. The van der Waals surface area contributed by atoms with E-state index in [1.165, 1.54) is 38.8 Å². The zero-order valence-corrected chi connectivity index (χ0v) is 8.92. The van der Waals surface area contributed by atoms with E-state index in [9.17, 15) is 0 Å². The molecule has 76 valence electrons. The van der Waals surface area contributed by atoms with E-state index < -0.39 is 0 Å². The van der Waals surface area contributed by atoms with Crippen LogP contribution in [-0.2, 0) is 0 Å². The van der Waals surface area contributed by atoms with Crippen LogP contribution in [0, 0.1) is 0 Å². The van der Waals surface area contributed by atoms with Crippen molar-refractivity contribution in [3.8, 4) is 0 Å². The van der Waals surface area contributed by atoms with E-state index in [2.05, 4.69) is 24.1 Å². The molecule has 0 radical (unpaired) electrons. The lowest BCUT2D eigenvalue weighted by Crippen LogP contribution is -2.61. The standard InChI is InChI=1S/C11H22N2/c1-9(2)13(11-7-12-8-11)10-5-3-4-6-10/h9-12H,3-8H2,1-2H3. The molecule has 1 N–H and O–H groups in total. The first kappa shape index (κ1) is 9.47. The van der Waals surface area contributed by atoms with Gasteiger partial charge in [-0.25, -0.2) is 0 Å². The minimum absolute atomic E-state index is 0.732. The van der Waals surface area contributed by atoms with E-state index in [0.717, 1.165) is 18.1 Å². The van der Waals surface area contributed by atoms with E-state index in [-0.39, 0.29) is 0 Å². The molecule has 2 rings (SSSR count). The highest BCUT2D eigenvalue weighted by Crippen LogP contribution is 2.27. The molecule has 2 aliphatic rings. The Balaban J connectivity index is 1.94. The van der Waals surface area contributed by atoms with Gasteiger partial charge in [-0.3, -0.25) is 4.90 Å². The highest BCUT2D eigenvalue weighted by atomic mass is 15.3. The van der Waals surface area contributed by atoms with Crippen molar-refractivity contribution in [2.75, 3.05) is 13.1 Å². The molecule has 0 aromatic carbocycles. The largest absolute Gasteiger partial charge is 0.314 e. The van der Waals surface area contributed by atoms with Gasteiger partial charge in [-0.05, 0) is 26.7 Å². The van der Waals surface area contributed by atoms with Crippen molar-refractivity contribution in [2.45, 2.75) is 57.7 Å². The summed E-state index contributed by atoms with van der Waals surface area (Å²) in [5.74, 6) is 0. The van der Waals surface area contributed by atoms with Crippen molar-refractivity contribution in [3.63, 3.8) is 0 Å². The summed E-state index contributed by atoms with van der Waals surface area (Å²) in [7, 11) is 0. The van der Waals surface area contributed by atoms with Gasteiger partial charge in [0.2, 0.25) is 0 Å². The lowest BCUT2D eigenvalue weighted by molar-refractivity contribution is 0.0649. The maximum atomic E-state index is 3.38. The second-order valence-electron chi connectivity index (χ2n) is 4.79. The van der Waals surface area contributed by atoms with Crippen LogP contribution in [0.2, 0.25) is 0 Å². The molecule has 1 saturated heterocycles. The Morgan fingerprint density at radius 2 is 1.69 bits per heavy atom.